The standard InChI is InChI=1S/C22H24N4O/c1-15-9-8-10-16(2)21(15)26-17(3)13-19(18(26)4)14-23-25-22(27)24-20-11-6-5-7-12-20/h5-14H,1-4H3,(H2,24,25,27)/b23-14-. The maximum atomic E-state index is 11.9. The Labute approximate surface area is 159 Å². The zero-order valence-electron chi connectivity index (χ0n) is 16.1. The number of rotatable bonds is 4. The van der Waals surface area contributed by atoms with Gasteiger partial charge in [-0.05, 0) is 57.0 Å². The number of nitrogens with zero attached hydrogens (tertiary/aromatic N) is 2. The molecule has 27 heavy (non-hydrogen) atoms. The van der Waals surface area contributed by atoms with Gasteiger partial charge in [-0.3, -0.25) is 0 Å². The minimum Gasteiger partial charge on any atom is -0.317 e. The van der Waals surface area contributed by atoms with Crippen LogP contribution in [0.4, 0.5) is 10.5 Å². The summed E-state index contributed by atoms with van der Waals surface area (Å²) in [6.07, 6.45) is 1.68. The number of carbonyl (C=O) groups is 1. The van der Waals surface area contributed by atoms with E-state index in [0.29, 0.717) is 0 Å². The van der Waals surface area contributed by atoms with Crippen molar-refractivity contribution in [3.05, 3.63) is 82.7 Å². The second kappa shape index (κ2) is 7.91. The predicted octanol–water partition coefficient (Wildman–Crippen LogP) is 4.87. The van der Waals surface area contributed by atoms with Crippen LogP contribution in [0.3, 0.4) is 0 Å². The Kier molecular flexibility index (Phi) is 5.41. The summed E-state index contributed by atoms with van der Waals surface area (Å²) < 4.78 is 2.23. The van der Waals surface area contributed by atoms with Crippen molar-refractivity contribution in [1.29, 1.82) is 0 Å². The highest BCUT2D eigenvalue weighted by Gasteiger charge is 2.13. The molecule has 2 N–H and O–H groups in total. The molecule has 3 aromatic rings. The van der Waals surface area contributed by atoms with Crippen LogP contribution in [-0.4, -0.2) is 16.8 Å². The fourth-order valence-corrected chi connectivity index (χ4v) is 3.26. The van der Waals surface area contributed by atoms with Crippen LogP contribution in [0.5, 0.6) is 0 Å². The summed E-state index contributed by atoms with van der Waals surface area (Å²) >= 11 is 0. The summed E-state index contributed by atoms with van der Waals surface area (Å²) in [5, 5.41) is 6.82. The number of hydrogen-bond acceptors (Lipinski definition) is 2. The molecule has 0 saturated heterocycles. The number of benzene rings is 2. The molecular formula is C22H24N4O. The molecule has 0 aliphatic heterocycles. The highest BCUT2D eigenvalue weighted by atomic mass is 16.2. The zero-order valence-corrected chi connectivity index (χ0v) is 16.1. The summed E-state index contributed by atoms with van der Waals surface area (Å²) in [5.74, 6) is 0. The van der Waals surface area contributed by atoms with E-state index in [1.807, 2.05) is 30.3 Å². The Bertz CT molecular complexity index is 967. The van der Waals surface area contributed by atoms with Crippen molar-refractivity contribution >= 4 is 17.9 Å². The number of para-hydroxylation sites is 2. The number of nitrogens with one attached hydrogen (secondary N) is 2. The molecule has 0 fully saturated rings. The molecule has 138 valence electrons. The molecular weight excluding hydrogens is 336 g/mol. The summed E-state index contributed by atoms with van der Waals surface area (Å²) in [6.45, 7) is 8.37. The molecule has 0 spiro atoms. The van der Waals surface area contributed by atoms with E-state index in [9.17, 15) is 4.79 Å². The van der Waals surface area contributed by atoms with Crippen LogP contribution in [0, 0.1) is 27.7 Å². The Hall–Kier alpha value is -3.34. The molecule has 0 radical (unpaired) electrons. The van der Waals surface area contributed by atoms with Gasteiger partial charge in [0.05, 0.1) is 11.9 Å². The number of urea groups is 1. The average Bonchev–Trinajstić information content (AvgIpc) is 2.90. The molecule has 3 rings (SSSR count). The van der Waals surface area contributed by atoms with Crippen LogP contribution >= 0.6 is 0 Å². The van der Waals surface area contributed by atoms with Crippen LogP contribution in [0.1, 0.15) is 28.1 Å². The molecule has 1 aromatic heterocycles. The van der Waals surface area contributed by atoms with E-state index in [2.05, 4.69) is 72.4 Å². The van der Waals surface area contributed by atoms with Crippen LogP contribution in [0.25, 0.3) is 5.69 Å². The summed E-state index contributed by atoms with van der Waals surface area (Å²) in [5.41, 5.74) is 10.0. The number of anilines is 1. The van der Waals surface area contributed by atoms with Gasteiger partial charge in [0.15, 0.2) is 0 Å². The smallest absolute Gasteiger partial charge is 0.317 e. The summed E-state index contributed by atoms with van der Waals surface area (Å²) in [7, 11) is 0. The van der Waals surface area contributed by atoms with Gasteiger partial charge in [-0.15, -0.1) is 0 Å². The third kappa shape index (κ3) is 4.08. The number of hydrazone groups is 1. The van der Waals surface area contributed by atoms with Crippen molar-refractivity contribution in [1.82, 2.24) is 9.99 Å². The quantitative estimate of drug-likeness (QED) is 0.506. The fourth-order valence-electron chi connectivity index (χ4n) is 3.26. The number of amides is 2. The second-order valence-corrected chi connectivity index (χ2v) is 6.59. The van der Waals surface area contributed by atoms with Gasteiger partial charge in [-0.2, -0.15) is 5.10 Å². The van der Waals surface area contributed by atoms with Crippen LogP contribution in [-0.2, 0) is 0 Å². The first kappa shape index (κ1) is 18.5. The summed E-state index contributed by atoms with van der Waals surface area (Å²) in [6, 6.07) is 17.3. The normalized spacial score (nSPS) is 11.0. The lowest BCUT2D eigenvalue weighted by Crippen LogP contribution is -2.24. The minimum atomic E-state index is -0.374. The van der Waals surface area contributed by atoms with Crippen molar-refractivity contribution in [3.8, 4) is 5.69 Å². The van der Waals surface area contributed by atoms with E-state index in [-0.39, 0.29) is 6.03 Å². The molecule has 0 saturated carbocycles. The van der Waals surface area contributed by atoms with Crippen molar-refractivity contribution < 1.29 is 4.79 Å². The lowest BCUT2D eigenvalue weighted by atomic mass is 10.1. The molecule has 0 atom stereocenters. The molecule has 1 heterocycles. The molecule has 0 bridgehead atoms. The molecule has 2 amide bonds. The first-order valence-electron chi connectivity index (χ1n) is 8.88. The van der Waals surface area contributed by atoms with Gasteiger partial charge in [0.1, 0.15) is 0 Å². The Balaban J connectivity index is 1.77. The van der Waals surface area contributed by atoms with Gasteiger partial charge in [-0.25, -0.2) is 10.2 Å². The van der Waals surface area contributed by atoms with Gasteiger partial charge < -0.3 is 9.88 Å². The highest BCUT2D eigenvalue weighted by molar-refractivity contribution is 5.90. The van der Waals surface area contributed by atoms with Gasteiger partial charge >= 0.3 is 6.03 Å². The lowest BCUT2D eigenvalue weighted by Gasteiger charge is -2.15. The zero-order chi connectivity index (χ0) is 19.4. The monoisotopic (exact) mass is 360 g/mol. The molecule has 0 unspecified atom stereocenters. The number of aromatic nitrogens is 1. The van der Waals surface area contributed by atoms with Crippen LogP contribution in [0.15, 0.2) is 59.7 Å². The molecule has 5 heteroatoms. The van der Waals surface area contributed by atoms with Crippen molar-refractivity contribution in [2.24, 2.45) is 5.10 Å². The molecule has 0 aliphatic rings. The van der Waals surface area contributed by atoms with E-state index in [1.54, 1.807) is 6.21 Å². The maximum Gasteiger partial charge on any atom is 0.339 e. The maximum absolute atomic E-state index is 11.9. The van der Waals surface area contributed by atoms with Crippen molar-refractivity contribution in [3.63, 3.8) is 0 Å². The van der Waals surface area contributed by atoms with Crippen molar-refractivity contribution in [2.45, 2.75) is 27.7 Å². The van der Waals surface area contributed by atoms with Crippen LogP contribution in [0.2, 0.25) is 0 Å². The first-order valence-corrected chi connectivity index (χ1v) is 8.88. The number of hydrogen-bond donors (Lipinski definition) is 2. The Morgan fingerprint density at radius 3 is 2.30 bits per heavy atom. The van der Waals surface area contributed by atoms with E-state index in [1.165, 1.54) is 16.8 Å². The van der Waals surface area contributed by atoms with Gasteiger partial charge in [0.25, 0.3) is 0 Å². The van der Waals surface area contributed by atoms with Crippen molar-refractivity contribution in [2.75, 3.05) is 5.32 Å². The average molecular weight is 360 g/mol. The predicted molar refractivity (Wildman–Crippen MR) is 111 cm³/mol. The van der Waals surface area contributed by atoms with E-state index >= 15 is 0 Å². The second-order valence-electron chi connectivity index (χ2n) is 6.59. The van der Waals surface area contributed by atoms with Gasteiger partial charge in [0, 0.05) is 22.6 Å². The summed E-state index contributed by atoms with van der Waals surface area (Å²) in [4.78, 5) is 11.9. The minimum absolute atomic E-state index is 0.374. The Morgan fingerprint density at radius 2 is 1.63 bits per heavy atom. The van der Waals surface area contributed by atoms with Gasteiger partial charge in [-0.1, -0.05) is 36.4 Å². The largest absolute Gasteiger partial charge is 0.339 e. The van der Waals surface area contributed by atoms with Crippen LogP contribution < -0.4 is 10.7 Å². The third-order valence-electron chi connectivity index (χ3n) is 4.53. The first-order chi connectivity index (χ1) is 13.0. The topological polar surface area (TPSA) is 58.4 Å². The van der Waals surface area contributed by atoms with E-state index in [4.69, 9.17) is 0 Å². The van der Waals surface area contributed by atoms with Gasteiger partial charge in [0.2, 0.25) is 0 Å². The molecule has 5 nitrogen and oxygen atoms in total. The third-order valence-corrected chi connectivity index (χ3v) is 4.53. The molecule has 2 aromatic carbocycles. The lowest BCUT2D eigenvalue weighted by molar-refractivity contribution is 0.252. The van der Waals surface area contributed by atoms with E-state index in [0.717, 1.165) is 22.6 Å². The highest BCUT2D eigenvalue weighted by Crippen LogP contribution is 2.25. The SMILES string of the molecule is Cc1cccc(C)c1-n1c(C)cc(/C=N\NC(=O)Nc2ccccc2)c1C. The Morgan fingerprint density at radius 1 is 0.963 bits per heavy atom. The van der Waals surface area contributed by atoms with E-state index < -0.39 is 0 Å². The number of aryl methyl sites for hydroxylation is 3. The fraction of sp³-hybridized carbons (Fsp3) is 0.182. The molecule has 0 aliphatic carbocycles. The number of carbonyl (C=O) groups excluding carboxylic acids is 1.